The van der Waals surface area contributed by atoms with Crippen molar-refractivity contribution in [3.63, 3.8) is 0 Å². The minimum absolute atomic E-state index is 0.284. The third kappa shape index (κ3) is 2.76. The predicted octanol–water partition coefficient (Wildman–Crippen LogP) is 4.87. The van der Waals surface area contributed by atoms with Gasteiger partial charge in [0.25, 0.3) is 0 Å². The average molecular weight is 349 g/mol. The van der Waals surface area contributed by atoms with Crippen LogP contribution in [0.4, 0.5) is 11.5 Å². The summed E-state index contributed by atoms with van der Waals surface area (Å²) in [5, 5.41) is 4.28. The van der Waals surface area contributed by atoms with Crippen molar-refractivity contribution in [1.29, 1.82) is 0 Å². The van der Waals surface area contributed by atoms with E-state index in [-0.39, 0.29) is 5.88 Å². The number of nitrogens with zero attached hydrogens (tertiary/aromatic N) is 2. The van der Waals surface area contributed by atoms with Crippen LogP contribution < -0.4 is 5.32 Å². The van der Waals surface area contributed by atoms with Crippen molar-refractivity contribution < 1.29 is 0 Å². The first-order valence-corrected chi connectivity index (χ1v) is 7.43. The number of aromatic nitrogens is 2. The molecule has 0 fully saturated rings. The molecule has 3 aromatic rings. The lowest BCUT2D eigenvalue weighted by Gasteiger charge is -2.10. The molecule has 0 amide bonds. The lowest BCUT2D eigenvalue weighted by Crippen LogP contribution is -2.00. The van der Waals surface area contributed by atoms with E-state index in [0.717, 1.165) is 26.9 Å². The smallest absolute Gasteiger partial charge is 0.146 e. The van der Waals surface area contributed by atoms with Crippen LogP contribution in [0.25, 0.3) is 10.9 Å². The molecule has 0 aliphatic carbocycles. The second kappa shape index (κ2) is 5.77. The summed E-state index contributed by atoms with van der Waals surface area (Å²) in [4.78, 5) is 8.92. The van der Waals surface area contributed by atoms with Crippen LogP contribution in [0.3, 0.4) is 0 Å². The van der Waals surface area contributed by atoms with Gasteiger partial charge in [0.2, 0.25) is 0 Å². The van der Waals surface area contributed by atoms with Gasteiger partial charge in [-0.25, -0.2) is 9.97 Å². The van der Waals surface area contributed by atoms with E-state index < -0.39 is 0 Å². The molecular formula is C15H11BrClN3. The van der Waals surface area contributed by atoms with E-state index in [0.29, 0.717) is 5.82 Å². The van der Waals surface area contributed by atoms with Crippen LogP contribution in [0.15, 0.2) is 53.0 Å². The normalized spacial score (nSPS) is 10.7. The van der Waals surface area contributed by atoms with Gasteiger partial charge in [-0.1, -0.05) is 34.1 Å². The summed E-state index contributed by atoms with van der Waals surface area (Å²) in [5.41, 5.74) is 1.85. The highest BCUT2D eigenvalue weighted by atomic mass is 79.9. The maximum absolute atomic E-state index is 5.88. The van der Waals surface area contributed by atoms with E-state index >= 15 is 0 Å². The highest BCUT2D eigenvalue weighted by Crippen LogP contribution is 2.26. The molecule has 1 aromatic heterocycles. The molecule has 3 nitrogen and oxygen atoms in total. The van der Waals surface area contributed by atoms with Crippen molar-refractivity contribution in [1.82, 2.24) is 9.97 Å². The van der Waals surface area contributed by atoms with Crippen molar-refractivity contribution in [2.45, 2.75) is 5.88 Å². The Morgan fingerprint density at radius 3 is 2.60 bits per heavy atom. The molecular weight excluding hydrogens is 338 g/mol. The zero-order valence-electron chi connectivity index (χ0n) is 10.5. The fourth-order valence-corrected chi connectivity index (χ4v) is 2.43. The summed E-state index contributed by atoms with van der Waals surface area (Å²) in [6.07, 6.45) is 0. The van der Waals surface area contributed by atoms with Crippen molar-refractivity contribution in [2.24, 2.45) is 0 Å². The van der Waals surface area contributed by atoms with E-state index in [4.69, 9.17) is 11.6 Å². The van der Waals surface area contributed by atoms with Gasteiger partial charge >= 0.3 is 0 Å². The first-order chi connectivity index (χ1) is 9.76. The lowest BCUT2D eigenvalue weighted by atomic mass is 10.2. The van der Waals surface area contributed by atoms with Gasteiger partial charge in [-0.05, 0) is 30.3 Å². The van der Waals surface area contributed by atoms with E-state index in [1.807, 2.05) is 48.5 Å². The number of para-hydroxylation sites is 1. The van der Waals surface area contributed by atoms with Crippen LogP contribution in [0.5, 0.6) is 0 Å². The molecule has 0 unspecified atom stereocenters. The predicted molar refractivity (Wildman–Crippen MR) is 86.5 cm³/mol. The maximum Gasteiger partial charge on any atom is 0.146 e. The van der Waals surface area contributed by atoms with E-state index in [2.05, 4.69) is 31.2 Å². The van der Waals surface area contributed by atoms with Gasteiger partial charge in [0.05, 0.1) is 11.4 Å². The second-order valence-corrected chi connectivity index (χ2v) is 5.46. The molecule has 0 atom stereocenters. The molecule has 2 aromatic carbocycles. The van der Waals surface area contributed by atoms with Gasteiger partial charge in [0, 0.05) is 15.5 Å². The molecule has 0 spiro atoms. The summed E-state index contributed by atoms with van der Waals surface area (Å²) in [7, 11) is 0. The van der Waals surface area contributed by atoms with Crippen molar-refractivity contribution in [2.75, 3.05) is 5.32 Å². The molecule has 20 heavy (non-hydrogen) atoms. The Hall–Kier alpha value is -1.65. The van der Waals surface area contributed by atoms with Crippen LogP contribution >= 0.6 is 27.5 Å². The topological polar surface area (TPSA) is 37.8 Å². The fraction of sp³-hybridized carbons (Fsp3) is 0.0667. The standard InChI is InChI=1S/C15H11BrClN3/c16-10-6-7-12-13(8-10)19-14(9-17)20-15(12)18-11-4-2-1-3-5-11/h1-8H,9H2,(H,18,19,20). The summed E-state index contributed by atoms with van der Waals surface area (Å²) in [6, 6.07) is 15.8. The third-order valence-corrected chi connectivity index (χ3v) is 3.59. The molecule has 0 saturated carbocycles. The number of fused-ring (bicyclic) bond motifs is 1. The number of hydrogen-bond donors (Lipinski definition) is 1. The number of halogens is 2. The molecule has 5 heteroatoms. The van der Waals surface area contributed by atoms with Crippen molar-refractivity contribution in [3.8, 4) is 0 Å². The number of hydrogen-bond acceptors (Lipinski definition) is 3. The molecule has 0 aliphatic heterocycles. The van der Waals surface area contributed by atoms with Gasteiger partial charge in [0.15, 0.2) is 0 Å². The Kier molecular flexibility index (Phi) is 3.85. The minimum Gasteiger partial charge on any atom is -0.340 e. The Morgan fingerprint density at radius 2 is 1.85 bits per heavy atom. The van der Waals surface area contributed by atoms with E-state index in [9.17, 15) is 0 Å². The van der Waals surface area contributed by atoms with Crippen LogP contribution in [0.1, 0.15) is 5.82 Å². The van der Waals surface area contributed by atoms with Crippen molar-refractivity contribution >= 4 is 49.9 Å². The Morgan fingerprint density at radius 1 is 1.05 bits per heavy atom. The molecule has 0 aliphatic rings. The number of anilines is 2. The average Bonchev–Trinajstić information content (AvgIpc) is 2.47. The fourth-order valence-electron chi connectivity index (χ4n) is 1.96. The van der Waals surface area contributed by atoms with Gasteiger partial charge < -0.3 is 5.32 Å². The summed E-state index contributed by atoms with van der Waals surface area (Å²) >= 11 is 9.33. The molecule has 1 N–H and O–H groups in total. The summed E-state index contributed by atoms with van der Waals surface area (Å²) in [5.74, 6) is 1.66. The number of benzene rings is 2. The molecule has 0 bridgehead atoms. The van der Waals surface area contributed by atoms with Gasteiger partial charge in [0.1, 0.15) is 11.6 Å². The highest BCUT2D eigenvalue weighted by molar-refractivity contribution is 9.10. The van der Waals surface area contributed by atoms with Crippen LogP contribution in [0.2, 0.25) is 0 Å². The third-order valence-electron chi connectivity index (χ3n) is 2.86. The summed E-state index contributed by atoms with van der Waals surface area (Å²) < 4.78 is 0.981. The minimum atomic E-state index is 0.284. The zero-order chi connectivity index (χ0) is 13.9. The summed E-state index contributed by atoms with van der Waals surface area (Å²) in [6.45, 7) is 0. The van der Waals surface area contributed by atoms with E-state index in [1.54, 1.807) is 0 Å². The number of alkyl halides is 1. The zero-order valence-corrected chi connectivity index (χ0v) is 12.8. The monoisotopic (exact) mass is 347 g/mol. The van der Waals surface area contributed by atoms with E-state index in [1.165, 1.54) is 0 Å². The van der Waals surface area contributed by atoms with Crippen molar-refractivity contribution in [3.05, 3.63) is 58.8 Å². The first-order valence-electron chi connectivity index (χ1n) is 6.10. The van der Waals surface area contributed by atoms with Crippen LogP contribution in [-0.4, -0.2) is 9.97 Å². The quantitative estimate of drug-likeness (QED) is 0.686. The van der Waals surface area contributed by atoms with Crippen LogP contribution in [-0.2, 0) is 5.88 Å². The number of rotatable bonds is 3. The second-order valence-electron chi connectivity index (χ2n) is 4.27. The number of nitrogens with one attached hydrogen (secondary N) is 1. The largest absolute Gasteiger partial charge is 0.340 e. The molecule has 0 saturated heterocycles. The van der Waals surface area contributed by atoms with Gasteiger partial charge in [-0.3, -0.25) is 0 Å². The molecule has 100 valence electrons. The SMILES string of the molecule is ClCc1nc(Nc2ccccc2)c2ccc(Br)cc2n1. The maximum atomic E-state index is 5.88. The van der Waals surface area contributed by atoms with Gasteiger partial charge in [-0.2, -0.15) is 0 Å². The molecule has 0 radical (unpaired) electrons. The Labute approximate surface area is 130 Å². The molecule has 1 heterocycles. The first kappa shape index (κ1) is 13.3. The molecule has 3 rings (SSSR count). The lowest BCUT2D eigenvalue weighted by molar-refractivity contribution is 1.07. The van der Waals surface area contributed by atoms with Crippen LogP contribution in [0, 0.1) is 0 Å². The van der Waals surface area contributed by atoms with Gasteiger partial charge in [-0.15, -0.1) is 11.6 Å². The highest BCUT2D eigenvalue weighted by Gasteiger charge is 2.08. The Bertz CT molecular complexity index is 747. The Balaban J connectivity index is 2.13.